The molecule has 1 aromatic carbocycles. The third-order valence-electron chi connectivity index (χ3n) is 5.80. The lowest BCUT2D eigenvalue weighted by atomic mass is 9.94. The number of benzene rings is 1. The Labute approximate surface area is 189 Å². The number of aryl methyl sites for hydroxylation is 1. The van der Waals surface area contributed by atoms with Crippen LogP contribution in [0.5, 0.6) is 11.5 Å². The zero-order chi connectivity index (χ0) is 21.4. The van der Waals surface area contributed by atoms with Gasteiger partial charge in [-0.25, -0.2) is 0 Å². The minimum atomic E-state index is -0.0658. The summed E-state index contributed by atoms with van der Waals surface area (Å²) in [6.07, 6.45) is 0. The lowest BCUT2D eigenvalue weighted by molar-refractivity contribution is 0.0240. The lowest BCUT2D eigenvalue weighted by Gasteiger charge is -2.35. The Morgan fingerprint density at radius 3 is 2.71 bits per heavy atom. The first-order valence-electron chi connectivity index (χ1n) is 10.3. The van der Waals surface area contributed by atoms with Gasteiger partial charge in [-0.2, -0.15) is 0 Å². The van der Waals surface area contributed by atoms with Crippen molar-refractivity contribution in [3.8, 4) is 11.5 Å². The zero-order valence-electron chi connectivity index (χ0n) is 17.5. The molecule has 162 valence electrons. The second-order valence-electron chi connectivity index (χ2n) is 7.62. The highest BCUT2D eigenvalue weighted by atomic mass is 32.1. The Bertz CT molecular complexity index is 1090. The first kappa shape index (κ1) is 20.5. The van der Waals surface area contributed by atoms with E-state index in [4.69, 9.17) is 14.2 Å². The van der Waals surface area contributed by atoms with Gasteiger partial charge in [0, 0.05) is 23.5 Å². The van der Waals surface area contributed by atoms with Crippen LogP contribution in [0.15, 0.2) is 35.7 Å². The van der Waals surface area contributed by atoms with E-state index in [1.165, 1.54) is 21.8 Å². The molecule has 31 heavy (non-hydrogen) atoms. The van der Waals surface area contributed by atoms with Crippen molar-refractivity contribution in [3.05, 3.63) is 62.2 Å². The molecule has 8 heteroatoms. The van der Waals surface area contributed by atoms with Gasteiger partial charge in [0.2, 0.25) is 6.79 Å². The quantitative estimate of drug-likeness (QED) is 0.596. The molecule has 4 heterocycles. The minimum Gasteiger partial charge on any atom is -0.454 e. The summed E-state index contributed by atoms with van der Waals surface area (Å²) in [6, 6.07) is 9.88. The molecule has 0 aliphatic carbocycles. The van der Waals surface area contributed by atoms with E-state index >= 15 is 0 Å². The number of carbonyl (C=O) groups is 1. The number of thiophene rings is 2. The molecule has 1 saturated heterocycles. The first-order valence-corrected chi connectivity index (χ1v) is 12.0. The summed E-state index contributed by atoms with van der Waals surface area (Å²) >= 11 is 3.09. The number of morpholine rings is 1. The van der Waals surface area contributed by atoms with Crippen LogP contribution in [0.4, 0.5) is 5.00 Å². The lowest BCUT2D eigenvalue weighted by Crippen LogP contribution is -2.39. The first-order chi connectivity index (χ1) is 15.1. The number of rotatable bonds is 5. The maximum Gasteiger partial charge on any atom is 0.266 e. The molecule has 1 amide bonds. The van der Waals surface area contributed by atoms with Gasteiger partial charge in [-0.1, -0.05) is 12.1 Å². The fraction of sp³-hybridized carbons (Fsp3) is 0.348. The number of nitrogens with zero attached hydrogens (tertiary/aromatic N) is 1. The van der Waals surface area contributed by atoms with Gasteiger partial charge >= 0.3 is 0 Å². The molecular weight excluding hydrogens is 432 g/mol. The van der Waals surface area contributed by atoms with Crippen molar-refractivity contribution in [2.45, 2.75) is 19.9 Å². The van der Waals surface area contributed by atoms with Crippen molar-refractivity contribution >= 4 is 33.6 Å². The molecule has 2 aliphatic heterocycles. The van der Waals surface area contributed by atoms with E-state index in [0.29, 0.717) is 18.1 Å². The van der Waals surface area contributed by atoms with Crippen LogP contribution in [0.3, 0.4) is 0 Å². The summed E-state index contributed by atoms with van der Waals surface area (Å²) in [4.78, 5) is 17.2. The van der Waals surface area contributed by atoms with Crippen molar-refractivity contribution in [1.29, 1.82) is 0 Å². The van der Waals surface area contributed by atoms with E-state index in [1.54, 1.807) is 11.3 Å². The van der Waals surface area contributed by atoms with Crippen LogP contribution >= 0.6 is 22.7 Å². The van der Waals surface area contributed by atoms with Crippen LogP contribution in [-0.2, 0) is 4.74 Å². The summed E-state index contributed by atoms with van der Waals surface area (Å²) in [5.41, 5.74) is 3.48. The smallest absolute Gasteiger partial charge is 0.266 e. The molecule has 2 aliphatic rings. The van der Waals surface area contributed by atoms with Crippen LogP contribution in [0.25, 0.3) is 0 Å². The summed E-state index contributed by atoms with van der Waals surface area (Å²) in [6.45, 7) is 7.54. The van der Waals surface area contributed by atoms with Gasteiger partial charge in [0.1, 0.15) is 5.00 Å². The molecule has 3 aromatic rings. The molecule has 0 spiro atoms. The zero-order valence-corrected chi connectivity index (χ0v) is 19.1. The van der Waals surface area contributed by atoms with Crippen molar-refractivity contribution in [3.63, 3.8) is 0 Å². The molecule has 0 radical (unpaired) electrons. The van der Waals surface area contributed by atoms with E-state index in [1.807, 2.05) is 23.6 Å². The second-order valence-corrected chi connectivity index (χ2v) is 9.79. The van der Waals surface area contributed by atoms with Gasteiger partial charge in [0.05, 0.1) is 24.1 Å². The van der Waals surface area contributed by atoms with E-state index in [9.17, 15) is 4.79 Å². The van der Waals surface area contributed by atoms with Gasteiger partial charge in [0.25, 0.3) is 5.91 Å². The summed E-state index contributed by atoms with van der Waals surface area (Å²) in [5.74, 6) is 1.47. The molecule has 1 N–H and O–H groups in total. The number of nitrogens with one attached hydrogen (secondary N) is 1. The Kier molecular flexibility index (Phi) is 5.71. The van der Waals surface area contributed by atoms with Crippen LogP contribution < -0.4 is 14.8 Å². The standard InChI is InChI=1S/C23H24N2O4S2/c1-14-15(2)31-23(24-22(26)19-4-3-11-30-19)20(14)21(25-7-9-27-10-8-25)16-5-6-17-18(12-16)29-13-28-17/h3-6,11-12,21H,7-10,13H2,1-2H3,(H,24,26)/t21-/m0/s1. The fourth-order valence-corrected chi connectivity index (χ4v) is 5.82. The predicted molar refractivity (Wildman–Crippen MR) is 123 cm³/mol. The highest BCUT2D eigenvalue weighted by Gasteiger charge is 2.31. The second kappa shape index (κ2) is 8.63. The minimum absolute atomic E-state index is 0.0121. The van der Waals surface area contributed by atoms with Crippen LogP contribution in [0.1, 0.15) is 37.3 Å². The van der Waals surface area contributed by atoms with E-state index in [2.05, 4.69) is 36.2 Å². The molecule has 0 unspecified atom stereocenters. The van der Waals surface area contributed by atoms with Crippen molar-refractivity contribution in [2.24, 2.45) is 0 Å². The molecule has 5 rings (SSSR count). The van der Waals surface area contributed by atoms with Crippen molar-refractivity contribution in [1.82, 2.24) is 4.90 Å². The number of fused-ring (bicyclic) bond motifs is 1. The largest absolute Gasteiger partial charge is 0.454 e. The van der Waals surface area contributed by atoms with Gasteiger partial charge in [-0.05, 0) is 48.6 Å². The Balaban J connectivity index is 1.58. The number of hydrogen-bond acceptors (Lipinski definition) is 7. The van der Waals surface area contributed by atoms with Crippen molar-refractivity contribution in [2.75, 3.05) is 38.4 Å². The van der Waals surface area contributed by atoms with Gasteiger partial charge in [-0.3, -0.25) is 9.69 Å². The van der Waals surface area contributed by atoms with Crippen LogP contribution in [0, 0.1) is 13.8 Å². The average molecular weight is 457 g/mol. The Morgan fingerprint density at radius 2 is 1.94 bits per heavy atom. The maximum atomic E-state index is 12.9. The average Bonchev–Trinajstić information content (AvgIpc) is 3.52. The Morgan fingerprint density at radius 1 is 1.13 bits per heavy atom. The molecular formula is C23H24N2O4S2. The molecule has 1 atom stereocenters. The third kappa shape index (κ3) is 3.96. The van der Waals surface area contributed by atoms with Crippen molar-refractivity contribution < 1.29 is 19.0 Å². The monoisotopic (exact) mass is 456 g/mol. The van der Waals surface area contributed by atoms with Crippen LogP contribution in [-0.4, -0.2) is 43.9 Å². The molecule has 0 saturated carbocycles. The Hall–Kier alpha value is -2.39. The molecule has 6 nitrogen and oxygen atoms in total. The van der Waals surface area contributed by atoms with Gasteiger partial charge < -0.3 is 19.5 Å². The highest BCUT2D eigenvalue weighted by Crippen LogP contribution is 2.44. The summed E-state index contributed by atoms with van der Waals surface area (Å²) < 4.78 is 16.8. The van der Waals surface area contributed by atoms with Crippen LogP contribution in [0.2, 0.25) is 0 Å². The summed E-state index contributed by atoms with van der Waals surface area (Å²) in [7, 11) is 0. The van der Waals surface area contributed by atoms with E-state index in [-0.39, 0.29) is 18.7 Å². The normalized spacial score (nSPS) is 17.0. The van der Waals surface area contributed by atoms with E-state index < -0.39 is 0 Å². The number of amides is 1. The third-order valence-corrected chi connectivity index (χ3v) is 7.81. The number of carbonyl (C=O) groups excluding carboxylic acids is 1. The molecule has 2 aromatic heterocycles. The predicted octanol–water partition coefficient (Wildman–Crippen LogP) is 4.83. The van der Waals surface area contributed by atoms with E-state index in [0.717, 1.165) is 40.7 Å². The van der Waals surface area contributed by atoms with Gasteiger partial charge in [0.15, 0.2) is 11.5 Å². The number of hydrogen-bond donors (Lipinski definition) is 1. The maximum absolute atomic E-state index is 12.9. The highest BCUT2D eigenvalue weighted by molar-refractivity contribution is 7.17. The number of anilines is 1. The van der Waals surface area contributed by atoms with Gasteiger partial charge in [-0.15, -0.1) is 22.7 Å². The fourth-order valence-electron chi connectivity index (χ4n) is 4.12. The molecule has 0 bridgehead atoms. The topological polar surface area (TPSA) is 60.0 Å². The summed E-state index contributed by atoms with van der Waals surface area (Å²) in [5, 5.41) is 6.02. The number of ether oxygens (including phenoxy) is 3. The molecule has 1 fully saturated rings. The SMILES string of the molecule is Cc1sc(NC(=O)c2cccs2)c([C@H](c2ccc3c(c2)OCO3)N2CCOCC2)c1C.